The smallest absolute Gasteiger partial charge is 0.119 e. The van der Waals surface area contributed by atoms with Crippen LogP contribution in [0.4, 0.5) is 0 Å². The molecule has 0 fully saturated rings. The molecule has 3 nitrogen and oxygen atoms in total. The van der Waals surface area contributed by atoms with Crippen LogP contribution in [-0.2, 0) is 12.8 Å². The molecule has 1 aliphatic rings. The molecule has 0 aliphatic heterocycles. The molecule has 1 aliphatic carbocycles. The molecule has 2 unspecified atom stereocenters. The van der Waals surface area contributed by atoms with Crippen LogP contribution in [0.2, 0.25) is 0 Å². The number of hydrogen-bond acceptors (Lipinski definition) is 3. The van der Waals surface area contributed by atoms with Gasteiger partial charge in [-0.25, -0.2) is 0 Å². The van der Waals surface area contributed by atoms with E-state index in [0.717, 1.165) is 31.4 Å². The Bertz CT molecular complexity index is 431. The van der Waals surface area contributed by atoms with Gasteiger partial charge in [0.2, 0.25) is 0 Å². The number of nitrogens with one attached hydrogen (secondary N) is 1. The number of aryl methyl sites for hydroxylation is 1. The Hall–Kier alpha value is -1.06. The largest absolute Gasteiger partial charge is 0.497 e. The monoisotopic (exact) mass is 277 g/mol. The summed E-state index contributed by atoms with van der Waals surface area (Å²) in [5.74, 6) is 1.48. The van der Waals surface area contributed by atoms with Crippen molar-refractivity contribution in [2.24, 2.45) is 5.92 Å². The molecule has 112 valence electrons. The third-order valence-corrected chi connectivity index (χ3v) is 4.03. The molecular weight excluding hydrogens is 250 g/mol. The fraction of sp³-hybridized carbons (Fsp3) is 0.647. The van der Waals surface area contributed by atoms with Crippen molar-refractivity contribution >= 4 is 0 Å². The van der Waals surface area contributed by atoms with Gasteiger partial charge in [-0.15, -0.1) is 0 Å². The first kappa shape index (κ1) is 15.3. The van der Waals surface area contributed by atoms with Gasteiger partial charge in [0.1, 0.15) is 5.75 Å². The number of rotatable bonds is 6. The zero-order valence-corrected chi connectivity index (χ0v) is 12.9. The minimum atomic E-state index is -0.235. The van der Waals surface area contributed by atoms with Crippen molar-refractivity contribution in [3.63, 3.8) is 0 Å². The highest BCUT2D eigenvalue weighted by Gasteiger charge is 2.19. The molecule has 3 heteroatoms. The Morgan fingerprint density at radius 1 is 1.35 bits per heavy atom. The van der Waals surface area contributed by atoms with Crippen molar-refractivity contribution in [2.75, 3.05) is 13.7 Å². The van der Waals surface area contributed by atoms with E-state index in [1.54, 1.807) is 7.11 Å². The summed E-state index contributed by atoms with van der Waals surface area (Å²) in [6.07, 6.45) is 3.91. The standard InChI is InChI=1S/C17H27NO2/c1-12(2)8-16(19)11-18-15-6-4-13-5-7-17(20-3)10-14(13)9-15/h5,7,10,12,15-16,18-19H,4,6,8-9,11H2,1-3H3. The third-order valence-electron chi connectivity index (χ3n) is 4.03. The Morgan fingerprint density at radius 3 is 2.85 bits per heavy atom. The van der Waals surface area contributed by atoms with Crippen molar-refractivity contribution in [1.82, 2.24) is 5.32 Å². The van der Waals surface area contributed by atoms with Crippen LogP contribution in [0.1, 0.15) is 37.8 Å². The van der Waals surface area contributed by atoms with Crippen LogP contribution in [0.3, 0.4) is 0 Å². The van der Waals surface area contributed by atoms with E-state index in [4.69, 9.17) is 4.74 Å². The molecule has 2 atom stereocenters. The number of methoxy groups -OCH3 is 1. The normalized spacial score (nSPS) is 19.8. The van der Waals surface area contributed by atoms with Crippen molar-refractivity contribution in [3.05, 3.63) is 29.3 Å². The maximum Gasteiger partial charge on any atom is 0.119 e. The van der Waals surface area contributed by atoms with Crippen molar-refractivity contribution in [1.29, 1.82) is 0 Å². The Kier molecular flexibility index (Phi) is 5.44. The number of benzene rings is 1. The fourth-order valence-electron chi connectivity index (χ4n) is 2.96. The number of hydrogen-bond donors (Lipinski definition) is 2. The van der Waals surface area contributed by atoms with E-state index < -0.39 is 0 Å². The number of fused-ring (bicyclic) bond motifs is 1. The Morgan fingerprint density at radius 2 is 2.15 bits per heavy atom. The van der Waals surface area contributed by atoms with Crippen LogP contribution < -0.4 is 10.1 Å². The van der Waals surface area contributed by atoms with Crippen LogP contribution >= 0.6 is 0 Å². The van der Waals surface area contributed by atoms with E-state index in [-0.39, 0.29) is 6.10 Å². The molecule has 0 bridgehead atoms. The van der Waals surface area contributed by atoms with Crippen LogP contribution in [0, 0.1) is 5.92 Å². The van der Waals surface area contributed by atoms with Gasteiger partial charge in [-0.1, -0.05) is 19.9 Å². The first-order valence-electron chi connectivity index (χ1n) is 7.65. The lowest BCUT2D eigenvalue weighted by Gasteiger charge is -2.27. The van der Waals surface area contributed by atoms with E-state index >= 15 is 0 Å². The van der Waals surface area contributed by atoms with Gasteiger partial charge in [-0.2, -0.15) is 0 Å². The van der Waals surface area contributed by atoms with Crippen LogP contribution in [0.15, 0.2) is 18.2 Å². The highest BCUT2D eigenvalue weighted by molar-refractivity contribution is 5.37. The maximum absolute atomic E-state index is 9.95. The van der Waals surface area contributed by atoms with Crippen molar-refractivity contribution < 1.29 is 9.84 Å². The van der Waals surface area contributed by atoms with E-state index in [0.29, 0.717) is 18.5 Å². The summed E-state index contributed by atoms with van der Waals surface area (Å²) in [7, 11) is 1.71. The molecule has 20 heavy (non-hydrogen) atoms. The second kappa shape index (κ2) is 7.09. The number of aliphatic hydroxyl groups is 1. The SMILES string of the molecule is COc1ccc2c(c1)CC(NCC(O)CC(C)C)CC2. The molecule has 0 amide bonds. The van der Waals surface area contributed by atoms with Crippen molar-refractivity contribution in [2.45, 2.75) is 51.7 Å². The number of ether oxygens (including phenoxy) is 1. The summed E-state index contributed by atoms with van der Waals surface area (Å²) in [4.78, 5) is 0. The van der Waals surface area contributed by atoms with Gasteiger partial charge >= 0.3 is 0 Å². The average Bonchev–Trinajstić information content (AvgIpc) is 2.43. The van der Waals surface area contributed by atoms with Crippen molar-refractivity contribution in [3.8, 4) is 5.75 Å². The van der Waals surface area contributed by atoms with Crippen LogP contribution in [0.5, 0.6) is 5.75 Å². The average molecular weight is 277 g/mol. The summed E-state index contributed by atoms with van der Waals surface area (Å²) >= 11 is 0. The fourth-order valence-corrected chi connectivity index (χ4v) is 2.96. The minimum absolute atomic E-state index is 0.235. The molecule has 0 heterocycles. The van der Waals surface area contributed by atoms with Crippen LogP contribution in [-0.4, -0.2) is 30.9 Å². The second-order valence-corrected chi connectivity index (χ2v) is 6.27. The second-order valence-electron chi connectivity index (χ2n) is 6.27. The first-order valence-corrected chi connectivity index (χ1v) is 7.65. The molecular formula is C17H27NO2. The molecule has 2 rings (SSSR count). The summed E-state index contributed by atoms with van der Waals surface area (Å²) in [6, 6.07) is 6.83. The van der Waals surface area contributed by atoms with E-state index in [1.807, 2.05) is 6.07 Å². The van der Waals surface area contributed by atoms with Gasteiger partial charge in [0, 0.05) is 12.6 Å². The molecule has 0 spiro atoms. The zero-order chi connectivity index (χ0) is 14.5. The van der Waals surface area contributed by atoms with Gasteiger partial charge in [-0.3, -0.25) is 0 Å². The Labute approximate surface area is 122 Å². The van der Waals surface area contributed by atoms with Crippen LogP contribution in [0.25, 0.3) is 0 Å². The summed E-state index contributed by atoms with van der Waals surface area (Å²) in [5.41, 5.74) is 2.82. The quantitative estimate of drug-likeness (QED) is 0.839. The minimum Gasteiger partial charge on any atom is -0.497 e. The van der Waals surface area contributed by atoms with E-state index in [9.17, 15) is 5.11 Å². The predicted octanol–water partition coefficient (Wildman–Crippen LogP) is 2.55. The van der Waals surface area contributed by atoms with E-state index in [1.165, 1.54) is 11.1 Å². The molecule has 1 aromatic rings. The maximum atomic E-state index is 9.95. The topological polar surface area (TPSA) is 41.5 Å². The first-order chi connectivity index (χ1) is 9.58. The van der Waals surface area contributed by atoms with Gasteiger partial charge < -0.3 is 15.2 Å². The highest BCUT2D eigenvalue weighted by Crippen LogP contribution is 2.25. The number of aliphatic hydroxyl groups excluding tert-OH is 1. The molecule has 1 aromatic carbocycles. The molecule has 0 saturated carbocycles. The molecule has 0 radical (unpaired) electrons. The summed E-state index contributed by atoms with van der Waals surface area (Å²) < 4.78 is 5.30. The van der Waals surface area contributed by atoms with Gasteiger partial charge in [0.15, 0.2) is 0 Å². The Balaban J connectivity index is 1.87. The molecule has 0 aromatic heterocycles. The molecule has 2 N–H and O–H groups in total. The third kappa shape index (κ3) is 4.22. The lowest BCUT2D eigenvalue weighted by atomic mass is 9.88. The summed E-state index contributed by atoms with van der Waals surface area (Å²) in [5, 5.41) is 13.5. The molecule has 0 saturated heterocycles. The lowest BCUT2D eigenvalue weighted by Crippen LogP contribution is -2.39. The lowest BCUT2D eigenvalue weighted by molar-refractivity contribution is 0.141. The van der Waals surface area contributed by atoms with Gasteiger partial charge in [0.05, 0.1) is 13.2 Å². The highest BCUT2D eigenvalue weighted by atomic mass is 16.5. The predicted molar refractivity (Wildman–Crippen MR) is 82.3 cm³/mol. The van der Waals surface area contributed by atoms with Gasteiger partial charge in [0.25, 0.3) is 0 Å². The summed E-state index contributed by atoms with van der Waals surface area (Å²) in [6.45, 7) is 4.99. The van der Waals surface area contributed by atoms with Gasteiger partial charge in [-0.05, 0) is 54.9 Å². The van der Waals surface area contributed by atoms with E-state index in [2.05, 4.69) is 31.3 Å². The zero-order valence-electron chi connectivity index (χ0n) is 12.9.